The normalized spacial score (nSPS) is 16.0. The molecule has 7 nitrogen and oxygen atoms in total. The van der Waals surface area contributed by atoms with Crippen LogP contribution >= 0.6 is 0 Å². The lowest BCUT2D eigenvalue weighted by atomic mass is 10.1. The zero-order valence-electron chi connectivity index (χ0n) is 13.9. The summed E-state index contributed by atoms with van der Waals surface area (Å²) in [6.45, 7) is 8.66. The number of carbonyl (C=O) groups is 1. The quantitative estimate of drug-likeness (QED) is 0.896. The summed E-state index contributed by atoms with van der Waals surface area (Å²) in [4.78, 5) is 19.4. The molecule has 1 fully saturated rings. The Labute approximate surface area is 135 Å². The Morgan fingerprint density at radius 3 is 2.83 bits per heavy atom. The van der Waals surface area contributed by atoms with E-state index in [2.05, 4.69) is 20.3 Å². The lowest BCUT2D eigenvalue weighted by Crippen LogP contribution is -2.41. The van der Waals surface area contributed by atoms with Gasteiger partial charge in [0.2, 0.25) is 0 Å². The van der Waals surface area contributed by atoms with Crippen LogP contribution in [0.1, 0.15) is 21.7 Å². The molecular weight excluding hydrogens is 294 g/mol. The van der Waals surface area contributed by atoms with Gasteiger partial charge in [0.05, 0.1) is 29.9 Å². The van der Waals surface area contributed by atoms with Crippen molar-refractivity contribution in [2.45, 2.75) is 13.8 Å². The van der Waals surface area contributed by atoms with Crippen molar-refractivity contribution >= 4 is 16.9 Å². The Bertz CT molecular complexity index is 719. The van der Waals surface area contributed by atoms with Crippen LogP contribution in [-0.2, 0) is 11.8 Å². The topological polar surface area (TPSA) is 72.3 Å². The van der Waals surface area contributed by atoms with Crippen LogP contribution in [0.15, 0.2) is 6.07 Å². The molecule has 124 valence electrons. The zero-order valence-corrected chi connectivity index (χ0v) is 13.9. The molecule has 0 unspecified atom stereocenters. The lowest BCUT2D eigenvalue weighted by Gasteiger charge is -2.26. The van der Waals surface area contributed by atoms with E-state index >= 15 is 0 Å². The molecule has 1 aliphatic rings. The second-order valence-electron chi connectivity index (χ2n) is 5.93. The van der Waals surface area contributed by atoms with Crippen LogP contribution in [0, 0.1) is 13.8 Å². The van der Waals surface area contributed by atoms with Crippen molar-refractivity contribution < 1.29 is 9.53 Å². The van der Waals surface area contributed by atoms with E-state index in [1.165, 1.54) is 0 Å². The first-order valence-electron chi connectivity index (χ1n) is 7.95. The molecule has 1 aliphatic heterocycles. The second kappa shape index (κ2) is 6.64. The average Bonchev–Trinajstić information content (AvgIpc) is 2.82. The highest BCUT2D eigenvalue weighted by atomic mass is 16.5. The molecule has 1 amide bonds. The maximum absolute atomic E-state index is 12.6. The van der Waals surface area contributed by atoms with Gasteiger partial charge in [-0.15, -0.1) is 0 Å². The number of nitrogens with one attached hydrogen (secondary N) is 1. The van der Waals surface area contributed by atoms with E-state index in [4.69, 9.17) is 4.74 Å². The monoisotopic (exact) mass is 317 g/mol. The van der Waals surface area contributed by atoms with Gasteiger partial charge in [0, 0.05) is 38.9 Å². The van der Waals surface area contributed by atoms with Crippen molar-refractivity contribution in [3.8, 4) is 0 Å². The maximum Gasteiger partial charge on any atom is 0.252 e. The van der Waals surface area contributed by atoms with Crippen LogP contribution < -0.4 is 5.32 Å². The molecule has 0 spiro atoms. The number of pyridine rings is 1. The molecule has 0 atom stereocenters. The first-order chi connectivity index (χ1) is 11.1. The molecule has 2 aromatic rings. The van der Waals surface area contributed by atoms with Crippen LogP contribution in [0.3, 0.4) is 0 Å². The first kappa shape index (κ1) is 15.9. The van der Waals surface area contributed by atoms with E-state index in [1.807, 2.05) is 27.0 Å². The predicted octanol–water partition coefficient (Wildman–Crippen LogP) is 0.647. The molecule has 0 radical (unpaired) electrons. The van der Waals surface area contributed by atoms with Gasteiger partial charge in [-0.25, -0.2) is 4.98 Å². The smallest absolute Gasteiger partial charge is 0.252 e. The van der Waals surface area contributed by atoms with Gasteiger partial charge in [-0.3, -0.25) is 14.4 Å². The molecule has 1 N–H and O–H groups in total. The highest BCUT2D eigenvalue weighted by molar-refractivity contribution is 6.06. The van der Waals surface area contributed by atoms with Gasteiger partial charge >= 0.3 is 0 Å². The summed E-state index contributed by atoms with van der Waals surface area (Å²) in [5.41, 5.74) is 3.05. The van der Waals surface area contributed by atoms with Crippen molar-refractivity contribution in [2.24, 2.45) is 7.05 Å². The predicted molar refractivity (Wildman–Crippen MR) is 87.6 cm³/mol. The SMILES string of the molecule is Cc1cc(C(=O)NCCN2CCOCC2)c2c(C)nn(C)c2n1. The Hall–Kier alpha value is -1.99. The molecule has 2 aromatic heterocycles. The van der Waals surface area contributed by atoms with Crippen molar-refractivity contribution in [3.05, 3.63) is 23.0 Å². The molecule has 0 bridgehead atoms. The lowest BCUT2D eigenvalue weighted by molar-refractivity contribution is 0.0383. The zero-order chi connectivity index (χ0) is 16.4. The average molecular weight is 317 g/mol. The molecule has 23 heavy (non-hydrogen) atoms. The number of aromatic nitrogens is 3. The number of nitrogens with zero attached hydrogens (tertiary/aromatic N) is 4. The third-order valence-electron chi connectivity index (χ3n) is 4.16. The van der Waals surface area contributed by atoms with E-state index in [9.17, 15) is 4.79 Å². The molecule has 0 saturated carbocycles. The van der Waals surface area contributed by atoms with Gasteiger partial charge in [0.25, 0.3) is 5.91 Å². The fourth-order valence-corrected chi connectivity index (χ4v) is 3.00. The van der Waals surface area contributed by atoms with Crippen molar-refractivity contribution in [1.29, 1.82) is 0 Å². The third kappa shape index (κ3) is 3.35. The second-order valence-corrected chi connectivity index (χ2v) is 5.93. The number of rotatable bonds is 4. The Kier molecular flexibility index (Phi) is 4.58. The van der Waals surface area contributed by atoms with Gasteiger partial charge in [0.1, 0.15) is 0 Å². The summed E-state index contributed by atoms with van der Waals surface area (Å²) in [7, 11) is 1.85. The van der Waals surface area contributed by atoms with Crippen LogP contribution in [0.5, 0.6) is 0 Å². The minimum Gasteiger partial charge on any atom is -0.379 e. The summed E-state index contributed by atoms with van der Waals surface area (Å²) in [5.74, 6) is -0.0649. The Balaban J connectivity index is 1.73. The molecule has 0 aromatic carbocycles. The third-order valence-corrected chi connectivity index (χ3v) is 4.16. The van der Waals surface area contributed by atoms with E-state index < -0.39 is 0 Å². The van der Waals surface area contributed by atoms with Gasteiger partial charge in [0.15, 0.2) is 5.65 Å². The summed E-state index contributed by atoms with van der Waals surface area (Å²) in [6.07, 6.45) is 0. The standard InChI is InChI=1S/C16H23N5O2/c1-11-10-13(14-12(2)19-20(3)15(14)18-11)16(22)17-4-5-21-6-8-23-9-7-21/h10H,4-9H2,1-3H3,(H,17,22). The summed E-state index contributed by atoms with van der Waals surface area (Å²) < 4.78 is 7.05. The van der Waals surface area contributed by atoms with Gasteiger partial charge in [-0.05, 0) is 19.9 Å². The highest BCUT2D eigenvalue weighted by Crippen LogP contribution is 2.21. The van der Waals surface area contributed by atoms with Gasteiger partial charge in [-0.2, -0.15) is 5.10 Å². The van der Waals surface area contributed by atoms with Crippen molar-refractivity contribution in [2.75, 3.05) is 39.4 Å². The first-order valence-corrected chi connectivity index (χ1v) is 7.95. The summed E-state index contributed by atoms with van der Waals surface area (Å²) >= 11 is 0. The van der Waals surface area contributed by atoms with Crippen LogP contribution in [0.2, 0.25) is 0 Å². The van der Waals surface area contributed by atoms with E-state index in [-0.39, 0.29) is 5.91 Å². The van der Waals surface area contributed by atoms with E-state index in [0.29, 0.717) is 12.1 Å². The Morgan fingerprint density at radius 2 is 2.09 bits per heavy atom. The van der Waals surface area contributed by atoms with E-state index in [0.717, 1.165) is 55.3 Å². The van der Waals surface area contributed by atoms with E-state index in [1.54, 1.807) is 4.68 Å². The highest BCUT2D eigenvalue weighted by Gasteiger charge is 2.18. The van der Waals surface area contributed by atoms with Crippen LogP contribution in [0.25, 0.3) is 11.0 Å². The molecule has 3 rings (SSSR count). The molecule has 0 aliphatic carbocycles. The van der Waals surface area contributed by atoms with Crippen molar-refractivity contribution in [3.63, 3.8) is 0 Å². The number of hydrogen-bond donors (Lipinski definition) is 1. The molecule has 7 heteroatoms. The Morgan fingerprint density at radius 1 is 1.35 bits per heavy atom. The van der Waals surface area contributed by atoms with Crippen molar-refractivity contribution in [1.82, 2.24) is 25.0 Å². The minimum atomic E-state index is -0.0649. The number of ether oxygens (including phenoxy) is 1. The number of morpholine rings is 1. The van der Waals surface area contributed by atoms with Gasteiger partial charge < -0.3 is 10.1 Å². The molecular formula is C16H23N5O2. The maximum atomic E-state index is 12.6. The summed E-state index contributed by atoms with van der Waals surface area (Å²) in [5, 5.41) is 8.23. The minimum absolute atomic E-state index is 0.0649. The summed E-state index contributed by atoms with van der Waals surface area (Å²) in [6, 6.07) is 1.83. The fraction of sp³-hybridized carbons (Fsp3) is 0.562. The molecule has 1 saturated heterocycles. The van der Waals surface area contributed by atoms with Gasteiger partial charge in [-0.1, -0.05) is 0 Å². The largest absolute Gasteiger partial charge is 0.379 e. The number of amides is 1. The molecule has 3 heterocycles. The fourth-order valence-electron chi connectivity index (χ4n) is 3.00. The van der Waals surface area contributed by atoms with Crippen LogP contribution in [0.4, 0.5) is 0 Å². The number of carbonyl (C=O) groups excluding carboxylic acids is 1. The van der Waals surface area contributed by atoms with Crippen LogP contribution in [-0.4, -0.2) is 65.0 Å². The number of hydrogen-bond acceptors (Lipinski definition) is 5. The number of aryl methyl sites for hydroxylation is 3. The number of fused-ring (bicyclic) bond motifs is 1.